The standard InChI is InChI=1S/C20H20ClN3O4S/c1-24(20(28)15(26)9-25)17-12-5-3-2-4-10(12)6-13(17)22-18(27)14-7-11-8-16(21)29-19(11)23-14/h2-5,7-8,13,15,17,23,25-26H,6,9H2,1H3,(H,22,27)/t13-,15+,17+/m1/s1. The van der Waals surface area contributed by atoms with Crippen LogP contribution in [0.25, 0.3) is 10.2 Å². The number of nitrogens with zero attached hydrogens (tertiary/aromatic N) is 1. The third-order valence-corrected chi connectivity index (χ3v) is 6.45. The lowest BCUT2D eigenvalue weighted by atomic mass is 10.0. The van der Waals surface area contributed by atoms with Gasteiger partial charge in [0.25, 0.3) is 11.8 Å². The normalized spacial score (nSPS) is 19.2. The lowest BCUT2D eigenvalue weighted by Crippen LogP contribution is -2.48. The first-order valence-electron chi connectivity index (χ1n) is 9.11. The second-order valence-electron chi connectivity index (χ2n) is 7.09. The van der Waals surface area contributed by atoms with Crippen LogP contribution in [0, 0.1) is 0 Å². The first-order chi connectivity index (χ1) is 13.9. The Balaban J connectivity index is 1.59. The van der Waals surface area contributed by atoms with Crippen molar-refractivity contribution in [2.75, 3.05) is 13.7 Å². The smallest absolute Gasteiger partial charge is 0.268 e. The van der Waals surface area contributed by atoms with E-state index in [2.05, 4.69) is 10.3 Å². The Morgan fingerprint density at radius 2 is 2.14 bits per heavy atom. The summed E-state index contributed by atoms with van der Waals surface area (Å²) in [5, 5.41) is 22.8. The molecule has 7 nitrogen and oxygen atoms in total. The van der Waals surface area contributed by atoms with E-state index in [4.69, 9.17) is 16.7 Å². The molecule has 2 amide bonds. The first-order valence-corrected chi connectivity index (χ1v) is 10.3. The van der Waals surface area contributed by atoms with Gasteiger partial charge in [-0.15, -0.1) is 11.3 Å². The number of aliphatic hydroxyl groups is 2. The number of halogens is 1. The van der Waals surface area contributed by atoms with Gasteiger partial charge in [0.1, 0.15) is 10.5 Å². The summed E-state index contributed by atoms with van der Waals surface area (Å²) >= 11 is 7.35. The van der Waals surface area contributed by atoms with Crippen LogP contribution < -0.4 is 5.32 Å². The Hall–Kier alpha value is -2.39. The summed E-state index contributed by atoms with van der Waals surface area (Å²) in [7, 11) is 1.57. The largest absolute Gasteiger partial charge is 0.393 e. The zero-order valence-electron chi connectivity index (χ0n) is 15.6. The number of likely N-dealkylation sites (N-methyl/N-ethyl adjacent to an activating group) is 1. The van der Waals surface area contributed by atoms with Crippen LogP contribution >= 0.6 is 22.9 Å². The number of thiophene rings is 1. The van der Waals surface area contributed by atoms with Crippen molar-refractivity contribution >= 4 is 45.0 Å². The van der Waals surface area contributed by atoms with Gasteiger partial charge >= 0.3 is 0 Å². The Morgan fingerprint density at radius 3 is 2.86 bits per heavy atom. The summed E-state index contributed by atoms with van der Waals surface area (Å²) in [6.07, 6.45) is -0.940. The van der Waals surface area contributed by atoms with Gasteiger partial charge in [-0.05, 0) is 29.7 Å². The molecule has 29 heavy (non-hydrogen) atoms. The SMILES string of the molecule is CN(C(=O)[C@@H](O)CO)[C@H]1c2ccccc2C[C@H]1NC(=O)c1cc2cc(Cl)sc2[nH]1. The summed E-state index contributed by atoms with van der Waals surface area (Å²) in [6, 6.07) is 10.4. The van der Waals surface area contributed by atoms with Gasteiger partial charge in [-0.25, -0.2) is 0 Å². The predicted molar refractivity (Wildman–Crippen MR) is 111 cm³/mol. The molecule has 0 saturated heterocycles. The maximum atomic E-state index is 12.9. The predicted octanol–water partition coefficient (Wildman–Crippen LogP) is 2.09. The van der Waals surface area contributed by atoms with Crippen molar-refractivity contribution in [1.82, 2.24) is 15.2 Å². The molecule has 2 heterocycles. The van der Waals surface area contributed by atoms with Crippen molar-refractivity contribution in [3.05, 3.63) is 57.6 Å². The zero-order valence-corrected chi connectivity index (χ0v) is 17.1. The fourth-order valence-electron chi connectivity index (χ4n) is 3.89. The lowest BCUT2D eigenvalue weighted by Gasteiger charge is -2.32. The molecule has 0 aliphatic heterocycles. The van der Waals surface area contributed by atoms with E-state index >= 15 is 0 Å². The third-order valence-electron chi connectivity index (χ3n) is 5.26. The number of hydrogen-bond donors (Lipinski definition) is 4. The zero-order chi connectivity index (χ0) is 20.7. The summed E-state index contributed by atoms with van der Waals surface area (Å²) in [6.45, 7) is -0.656. The first kappa shape index (κ1) is 19.9. The molecule has 1 aliphatic rings. The summed E-state index contributed by atoms with van der Waals surface area (Å²) in [5.74, 6) is -0.876. The van der Waals surface area contributed by atoms with Crippen LogP contribution in [-0.4, -0.2) is 57.7 Å². The molecular formula is C20H20ClN3O4S. The molecule has 3 aromatic rings. The average Bonchev–Trinajstić information content (AvgIpc) is 3.36. The molecule has 1 aliphatic carbocycles. The van der Waals surface area contributed by atoms with Gasteiger partial charge < -0.3 is 25.4 Å². The van der Waals surface area contributed by atoms with Crippen molar-refractivity contribution in [2.45, 2.75) is 24.6 Å². The van der Waals surface area contributed by atoms with E-state index in [9.17, 15) is 14.7 Å². The molecule has 9 heteroatoms. The van der Waals surface area contributed by atoms with Gasteiger partial charge in [-0.1, -0.05) is 35.9 Å². The van der Waals surface area contributed by atoms with Gasteiger partial charge in [-0.2, -0.15) is 0 Å². The highest BCUT2D eigenvalue weighted by atomic mass is 35.5. The van der Waals surface area contributed by atoms with Crippen molar-refractivity contribution in [3.8, 4) is 0 Å². The Bertz CT molecular complexity index is 1050. The molecule has 0 unspecified atom stereocenters. The number of aromatic amines is 1. The molecule has 0 fully saturated rings. The van der Waals surface area contributed by atoms with Crippen molar-refractivity contribution in [1.29, 1.82) is 0 Å². The van der Waals surface area contributed by atoms with E-state index in [1.807, 2.05) is 24.3 Å². The van der Waals surface area contributed by atoms with Gasteiger partial charge in [0.05, 0.1) is 23.0 Å². The maximum Gasteiger partial charge on any atom is 0.268 e. The second-order valence-corrected chi connectivity index (χ2v) is 8.78. The minimum Gasteiger partial charge on any atom is -0.393 e. The number of fused-ring (bicyclic) bond motifs is 2. The lowest BCUT2D eigenvalue weighted by molar-refractivity contribution is -0.143. The number of amides is 2. The molecular weight excluding hydrogens is 414 g/mol. The number of benzene rings is 1. The number of hydrogen-bond acceptors (Lipinski definition) is 5. The van der Waals surface area contributed by atoms with Crippen molar-refractivity contribution in [2.24, 2.45) is 0 Å². The Labute approximate surface area is 175 Å². The van der Waals surface area contributed by atoms with E-state index in [1.54, 1.807) is 19.2 Å². The van der Waals surface area contributed by atoms with Crippen molar-refractivity contribution in [3.63, 3.8) is 0 Å². The highest BCUT2D eigenvalue weighted by molar-refractivity contribution is 7.22. The van der Waals surface area contributed by atoms with Gasteiger partial charge in [-0.3, -0.25) is 9.59 Å². The van der Waals surface area contributed by atoms with Crippen LogP contribution in [0.15, 0.2) is 36.4 Å². The number of nitrogens with one attached hydrogen (secondary N) is 2. The molecule has 152 valence electrons. The number of carbonyl (C=O) groups excluding carboxylic acids is 2. The van der Waals surface area contributed by atoms with Crippen LogP contribution in [0.2, 0.25) is 4.34 Å². The molecule has 4 rings (SSSR count). The minimum atomic E-state index is -1.50. The molecule has 4 N–H and O–H groups in total. The molecule has 0 radical (unpaired) electrons. The summed E-state index contributed by atoms with van der Waals surface area (Å²) in [4.78, 5) is 30.6. The molecule has 0 spiro atoms. The minimum absolute atomic E-state index is 0.282. The van der Waals surface area contributed by atoms with Crippen LogP contribution in [0.3, 0.4) is 0 Å². The fourth-order valence-corrected chi connectivity index (χ4v) is 5.02. The number of aliphatic hydroxyl groups excluding tert-OH is 2. The summed E-state index contributed by atoms with van der Waals surface area (Å²) < 4.78 is 0.645. The molecule has 3 atom stereocenters. The van der Waals surface area contributed by atoms with E-state index in [-0.39, 0.29) is 11.9 Å². The van der Waals surface area contributed by atoms with E-state index in [0.29, 0.717) is 16.5 Å². The number of rotatable bonds is 5. The van der Waals surface area contributed by atoms with Gasteiger partial charge in [0.2, 0.25) is 0 Å². The number of aromatic nitrogens is 1. The van der Waals surface area contributed by atoms with Crippen LogP contribution in [0.4, 0.5) is 0 Å². The highest BCUT2D eigenvalue weighted by Gasteiger charge is 2.39. The van der Waals surface area contributed by atoms with E-state index < -0.39 is 24.7 Å². The van der Waals surface area contributed by atoms with E-state index in [0.717, 1.165) is 21.3 Å². The van der Waals surface area contributed by atoms with Crippen LogP contribution in [-0.2, 0) is 11.2 Å². The highest BCUT2D eigenvalue weighted by Crippen LogP contribution is 2.36. The quantitative estimate of drug-likeness (QED) is 0.494. The molecule has 1 aromatic carbocycles. The molecule has 0 saturated carbocycles. The Kier molecular flexibility index (Phi) is 5.35. The van der Waals surface area contributed by atoms with Gasteiger partial charge in [0.15, 0.2) is 6.10 Å². The topological polar surface area (TPSA) is 106 Å². The van der Waals surface area contributed by atoms with E-state index in [1.165, 1.54) is 16.2 Å². The number of carbonyl (C=O) groups is 2. The maximum absolute atomic E-state index is 12.9. The second kappa shape index (κ2) is 7.79. The summed E-state index contributed by atoms with van der Waals surface area (Å²) in [5.41, 5.74) is 2.36. The average molecular weight is 434 g/mol. The van der Waals surface area contributed by atoms with Gasteiger partial charge in [0, 0.05) is 12.4 Å². The Morgan fingerprint density at radius 1 is 1.38 bits per heavy atom. The third kappa shape index (κ3) is 3.64. The number of H-pyrrole nitrogens is 1. The molecule has 0 bridgehead atoms. The van der Waals surface area contributed by atoms with Crippen molar-refractivity contribution < 1.29 is 19.8 Å². The van der Waals surface area contributed by atoms with Crippen LogP contribution in [0.5, 0.6) is 0 Å². The van der Waals surface area contributed by atoms with Crippen LogP contribution in [0.1, 0.15) is 27.7 Å². The monoisotopic (exact) mass is 433 g/mol. The fraction of sp³-hybridized carbons (Fsp3) is 0.300. The molecule has 2 aromatic heterocycles.